The number of aliphatic hydroxyl groups is 1. The summed E-state index contributed by atoms with van der Waals surface area (Å²) in [6.07, 6.45) is -0.498. The van der Waals surface area contributed by atoms with Crippen LogP contribution in [0.3, 0.4) is 0 Å². The van der Waals surface area contributed by atoms with Crippen molar-refractivity contribution < 1.29 is 47.4 Å². The third-order valence-electron chi connectivity index (χ3n) is 10.8. The monoisotopic (exact) mass is 633 g/mol. The standard InChI is InChI=1S/C32H38F3N3O7/c1-37(2)25-19-9-16-8-18-22(26(40)21(16)28(42)31(19,45)29(43)23(27(25)41)30(36)44)20(39)10-17(24(18)32(33,34)35)13-38(12-15-6-7-15)11-14-4-3-5-14/h10,14-16,19,21,23,25,39,45H,3-9,11-13H2,1-2H3,(H2,36,44)/t16-,19-,21?,23?,25-,31-/m0/s1. The summed E-state index contributed by atoms with van der Waals surface area (Å²) in [5.74, 6) is -12.4. The number of phenolic OH excluding ortho intramolecular Hbond substituents is 1. The van der Waals surface area contributed by atoms with Crippen molar-refractivity contribution >= 4 is 29.0 Å². The molecule has 6 atom stereocenters. The Morgan fingerprint density at radius 2 is 1.67 bits per heavy atom. The van der Waals surface area contributed by atoms with Crippen molar-refractivity contribution in [3.8, 4) is 5.75 Å². The van der Waals surface area contributed by atoms with Gasteiger partial charge in [-0.1, -0.05) is 6.42 Å². The largest absolute Gasteiger partial charge is 0.507 e. The Hall–Kier alpha value is -3.16. The van der Waals surface area contributed by atoms with E-state index in [4.69, 9.17) is 5.73 Å². The van der Waals surface area contributed by atoms with E-state index in [1.165, 1.54) is 19.0 Å². The van der Waals surface area contributed by atoms with Gasteiger partial charge in [-0.15, -0.1) is 0 Å². The molecule has 13 heteroatoms. The van der Waals surface area contributed by atoms with Crippen molar-refractivity contribution in [2.24, 2.45) is 41.2 Å². The van der Waals surface area contributed by atoms with E-state index in [2.05, 4.69) is 0 Å². The number of hydrogen-bond acceptors (Lipinski definition) is 9. The van der Waals surface area contributed by atoms with E-state index in [0.29, 0.717) is 24.9 Å². The van der Waals surface area contributed by atoms with Gasteiger partial charge >= 0.3 is 6.18 Å². The van der Waals surface area contributed by atoms with Crippen LogP contribution in [0.5, 0.6) is 5.75 Å². The van der Waals surface area contributed by atoms with Crippen LogP contribution in [-0.2, 0) is 38.3 Å². The van der Waals surface area contributed by atoms with Gasteiger partial charge in [0.2, 0.25) is 5.91 Å². The number of fused-ring (bicyclic) bond motifs is 3. The summed E-state index contributed by atoms with van der Waals surface area (Å²) < 4.78 is 44.8. The molecule has 10 nitrogen and oxygen atoms in total. The van der Waals surface area contributed by atoms with Crippen LogP contribution >= 0.6 is 0 Å². The van der Waals surface area contributed by atoms with Gasteiger partial charge < -0.3 is 15.9 Å². The lowest BCUT2D eigenvalue weighted by molar-refractivity contribution is -0.181. The molecule has 6 rings (SSSR count). The fourth-order valence-electron chi connectivity index (χ4n) is 8.37. The Morgan fingerprint density at radius 1 is 1.04 bits per heavy atom. The number of rotatable bonds is 8. The normalized spacial score (nSPS) is 32.0. The topological polar surface area (TPSA) is 158 Å². The first-order chi connectivity index (χ1) is 21.0. The Labute approximate surface area is 258 Å². The molecule has 0 saturated heterocycles. The number of alkyl halides is 3. The third-order valence-corrected chi connectivity index (χ3v) is 10.8. The number of hydrogen-bond donors (Lipinski definition) is 3. The second kappa shape index (κ2) is 11.0. The zero-order valence-electron chi connectivity index (χ0n) is 25.2. The van der Waals surface area contributed by atoms with Crippen LogP contribution in [0.25, 0.3) is 0 Å². The minimum Gasteiger partial charge on any atom is -0.507 e. The molecule has 45 heavy (non-hydrogen) atoms. The summed E-state index contributed by atoms with van der Waals surface area (Å²) in [7, 11) is 2.88. The number of nitrogens with two attached hydrogens (primary N) is 1. The molecule has 4 saturated carbocycles. The van der Waals surface area contributed by atoms with E-state index < -0.39 is 99.4 Å². The summed E-state index contributed by atoms with van der Waals surface area (Å²) in [6.45, 7) is 1.22. The molecule has 1 amide bonds. The van der Waals surface area contributed by atoms with Crippen molar-refractivity contribution in [2.75, 3.05) is 27.2 Å². The van der Waals surface area contributed by atoms with E-state index >= 15 is 0 Å². The predicted octanol–water partition coefficient (Wildman–Crippen LogP) is 1.90. The zero-order chi connectivity index (χ0) is 32.7. The second-order valence-electron chi connectivity index (χ2n) is 14.0. The molecule has 0 spiro atoms. The van der Waals surface area contributed by atoms with Gasteiger partial charge in [-0.2, -0.15) is 13.2 Å². The average molecular weight is 634 g/mol. The number of halogens is 3. The van der Waals surface area contributed by atoms with Gasteiger partial charge in [0.1, 0.15) is 5.75 Å². The Kier molecular flexibility index (Phi) is 7.76. The fraction of sp³-hybridized carbons (Fsp3) is 0.656. The highest BCUT2D eigenvalue weighted by Crippen LogP contribution is 2.53. The van der Waals surface area contributed by atoms with Crippen LogP contribution in [0, 0.1) is 35.5 Å². The first-order valence-electron chi connectivity index (χ1n) is 15.6. The maximum atomic E-state index is 14.9. The number of likely N-dealkylation sites (N-methyl/N-ethyl adjacent to an activating group) is 1. The number of phenols is 1. The van der Waals surface area contributed by atoms with Gasteiger partial charge in [-0.25, -0.2) is 0 Å². The number of carbonyl (C=O) groups is 5. The molecule has 4 fully saturated rings. The first-order valence-corrected chi connectivity index (χ1v) is 15.6. The van der Waals surface area contributed by atoms with Gasteiger partial charge in [0.25, 0.3) is 0 Å². The molecule has 5 aliphatic carbocycles. The summed E-state index contributed by atoms with van der Waals surface area (Å²) in [4.78, 5) is 70.0. The van der Waals surface area contributed by atoms with E-state index in [9.17, 15) is 47.4 Å². The first kappa shape index (κ1) is 31.8. The molecule has 244 valence electrons. The van der Waals surface area contributed by atoms with Crippen molar-refractivity contribution in [1.82, 2.24) is 9.80 Å². The zero-order valence-corrected chi connectivity index (χ0v) is 25.2. The summed E-state index contributed by atoms with van der Waals surface area (Å²) >= 11 is 0. The molecule has 0 aromatic heterocycles. The second-order valence-corrected chi connectivity index (χ2v) is 14.0. The van der Waals surface area contributed by atoms with E-state index in [-0.39, 0.29) is 18.5 Å². The minimum atomic E-state index is -4.89. The lowest BCUT2D eigenvalue weighted by atomic mass is 9.52. The van der Waals surface area contributed by atoms with Crippen LogP contribution < -0.4 is 5.73 Å². The molecule has 0 radical (unpaired) electrons. The molecule has 1 aromatic rings. The maximum absolute atomic E-state index is 14.9. The van der Waals surface area contributed by atoms with Gasteiger partial charge in [0.15, 0.2) is 34.7 Å². The Morgan fingerprint density at radius 3 is 2.18 bits per heavy atom. The molecule has 4 N–H and O–H groups in total. The highest BCUT2D eigenvalue weighted by molar-refractivity contribution is 6.32. The molecule has 2 unspecified atom stereocenters. The third kappa shape index (κ3) is 5.11. The van der Waals surface area contributed by atoms with E-state index in [1.54, 1.807) is 0 Å². The van der Waals surface area contributed by atoms with Gasteiger partial charge in [0.05, 0.1) is 23.1 Å². The molecule has 0 bridgehead atoms. The van der Waals surface area contributed by atoms with Gasteiger partial charge in [-0.05, 0) is 87.6 Å². The lowest BCUT2D eigenvalue weighted by Crippen LogP contribution is -2.74. The van der Waals surface area contributed by atoms with Gasteiger partial charge in [-0.3, -0.25) is 33.8 Å². The Balaban J connectivity index is 1.43. The van der Waals surface area contributed by atoms with E-state index in [1.807, 2.05) is 4.90 Å². The van der Waals surface area contributed by atoms with Crippen LogP contribution in [0.2, 0.25) is 0 Å². The fourth-order valence-corrected chi connectivity index (χ4v) is 8.37. The van der Waals surface area contributed by atoms with Crippen molar-refractivity contribution in [1.29, 1.82) is 0 Å². The smallest absolute Gasteiger partial charge is 0.417 e. The number of benzene rings is 1. The summed E-state index contributed by atoms with van der Waals surface area (Å²) in [6, 6.07) is -0.378. The predicted molar refractivity (Wildman–Crippen MR) is 152 cm³/mol. The average Bonchev–Trinajstić information content (AvgIpc) is 3.71. The van der Waals surface area contributed by atoms with Crippen LogP contribution in [0.4, 0.5) is 13.2 Å². The maximum Gasteiger partial charge on any atom is 0.417 e. The van der Waals surface area contributed by atoms with Crippen LogP contribution in [-0.4, -0.2) is 87.9 Å². The minimum absolute atomic E-state index is 0.0630. The number of nitrogens with zero attached hydrogens (tertiary/aromatic N) is 2. The molecule has 1 aromatic carbocycles. The Bertz CT molecular complexity index is 1480. The highest BCUT2D eigenvalue weighted by Gasteiger charge is 2.69. The van der Waals surface area contributed by atoms with Crippen LogP contribution in [0.1, 0.15) is 65.6 Å². The highest BCUT2D eigenvalue weighted by atomic mass is 19.4. The number of aromatic hydroxyl groups is 1. The molecule has 0 aliphatic heterocycles. The number of primary amides is 1. The van der Waals surface area contributed by atoms with Crippen molar-refractivity contribution in [3.63, 3.8) is 0 Å². The quantitative estimate of drug-likeness (QED) is 0.364. The molecular weight excluding hydrogens is 595 g/mol. The van der Waals surface area contributed by atoms with E-state index in [0.717, 1.165) is 38.2 Å². The number of ketones is 4. The van der Waals surface area contributed by atoms with Crippen molar-refractivity contribution in [3.05, 3.63) is 28.3 Å². The van der Waals surface area contributed by atoms with Crippen LogP contribution in [0.15, 0.2) is 6.07 Å². The van der Waals surface area contributed by atoms with Gasteiger partial charge in [0, 0.05) is 25.6 Å². The summed E-state index contributed by atoms with van der Waals surface area (Å²) in [5.41, 5.74) is 0.152. The lowest BCUT2D eigenvalue weighted by Gasteiger charge is -2.52. The number of amides is 1. The summed E-state index contributed by atoms with van der Waals surface area (Å²) in [5, 5.41) is 22.7. The molecule has 5 aliphatic rings. The number of Topliss-reactive ketones (excluding diaryl/α,β-unsaturated/α-hetero) is 4. The molecule has 0 heterocycles. The van der Waals surface area contributed by atoms with Crippen molar-refractivity contribution in [2.45, 2.75) is 69.3 Å². The molecular formula is C32H38F3N3O7. The SMILES string of the molecule is CN(C)[C@@H]1C(=O)C(C(N)=O)C(=O)[C@@]2(O)C(=O)C3C(=O)c4c(O)cc(CN(CC5CCC5)CC5CC5)c(C(F)(F)F)c4C[C@H]3C[C@@H]12. The number of carbonyl (C=O) groups excluding carboxylic acids is 5.